The molecule has 40 heavy (non-hydrogen) atoms. The number of hydrogen-bond acceptors (Lipinski definition) is 5. The molecule has 0 spiro atoms. The van der Waals surface area contributed by atoms with Gasteiger partial charge in [0.2, 0.25) is 5.91 Å². The van der Waals surface area contributed by atoms with Crippen LogP contribution < -0.4 is 15.5 Å². The number of fused-ring (bicyclic) bond motifs is 1. The Morgan fingerprint density at radius 3 is 2.40 bits per heavy atom. The Bertz CT molecular complexity index is 1490. The molecule has 5 rings (SSSR count). The number of hydrogen-bond donors (Lipinski definition) is 2. The van der Waals surface area contributed by atoms with Crippen LogP contribution in [0, 0.1) is 0 Å². The molecule has 7 nitrogen and oxygen atoms in total. The van der Waals surface area contributed by atoms with E-state index in [1.54, 1.807) is 6.07 Å². The third-order valence-electron chi connectivity index (χ3n) is 6.62. The first-order valence-corrected chi connectivity index (χ1v) is 12.8. The van der Waals surface area contributed by atoms with E-state index in [0.29, 0.717) is 30.8 Å². The Morgan fingerprint density at radius 2 is 1.68 bits per heavy atom. The smallest absolute Gasteiger partial charge is 0.416 e. The van der Waals surface area contributed by atoms with Gasteiger partial charge >= 0.3 is 12.3 Å². The van der Waals surface area contributed by atoms with Crippen LogP contribution in [0.25, 0.3) is 10.9 Å². The predicted molar refractivity (Wildman–Crippen MR) is 146 cm³/mol. The van der Waals surface area contributed by atoms with Gasteiger partial charge in [0.05, 0.1) is 17.1 Å². The second kappa shape index (κ2) is 11.6. The van der Waals surface area contributed by atoms with E-state index in [-0.39, 0.29) is 25.0 Å². The number of nitrogens with zero attached hydrogens (tertiary/aromatic N) is 2. The number of nitrogens with one attached hydrogen (secondary N) is 2. The summed E-state index contributed by atoms with van der Waals surface area (Å²) < 4.78 is 43.4. The van der Waals surface area contributed by atoms with Crippen molar-refractivity contribution in [2.45, 2.75) is 31.7 Å². The number of anilines is 2. The zero-order valence-electron chi connectivity index (χ0n) is 21.4. The number of benzene rings is 3. The highest BCUT2D eigenvalue weighted by atomic mass is 19.4. The Balaban J connectivity index is 1.08. The number of amides is 2. The number of alkyl carbamates (subject to hydrolysis) is 1. The highest BCUT2D eigenvalue weighted by molar-refractivity contribution is 5.94. The van der Waals surface area contributed by atoms with Crippen LogP contribution in [-0.2, 0) is 28.7 Å². The van der Waals surface area contributed by atoms with Crippen molar-refractivity contribution in [3.05, 3.63) is 102 Å². The van der Waals surface area contributed by atoms with E-state index >= 15 is 0 Å². The number of carbonyl (C=O) groups excluding carboxylic acids is 2. The van der Waals surface area contributed by atoms with E-state index in [0.717, 1.165) is 34.4 Å². The second-order valence-corrected chi connectivity index (χ2v) is 9.63. The van der Waals surface area contributed by atoms with Gasteiger partial charge in [0.25, 0.3) is 0 Å². The number of aromatic nitrogens is 1. The minimum Gasteiger partial charge on any atom is -0.445 e. The summed E-state index contributed by atoms with van der Waals surface area (Å²) in [5, 5.41) is 6.55. The number of carbonyl (C=O) groups is 2. The van der Waals surface area contributed by atoms with E-state index in [4.69, 9.17) is 9.72 Å². The molecule has 1 fully saturated rings. The summed E-state index contributed by atoms with van der Waals surface area (Å²) in [6.45, 7) is 1.45. The molecule has 0 aliphatic carbocycles. The first-order chi connectivity index (χ1) is 19.2. The maximum Gasteiger partial charge on any atom is 0.416 e. The first-order valence-electron chi connectivity index (χ1n) is 12.8. The van der Waals surface area contributed by atoms with Gasteiger partial charge in [-0.2, -0.15) is 13.2 Å². The minimum atomic E-state index is -4.38. The molecule has 10 heteroatoms. The molecule has 2 amide bonds. The lowest BCUT2D eigenvalue weighted by Gasteiger charge is -2.40. The molecular weight excluding hydrogens is 521 g/mol. The summed E-state index contributed by atoms with van der Waals surface area (Å²) in [6, 6.07) is 23.5. The van der Waals surface area contributed by atoms with Crippen LogP contribution in [-0.4, -0.2) is 36.1 Å². The second-order valence-electron chi connectivity index (χ2n) is 9.63. The van der Waals surface area contributed by atoms with E-state index in [1.165, 1.54) is 12.1 Å². The summed E-state index contributed by atoms with van der Waals surface area (Å²) in [6.07, 6.45) is -4.35. The van der Waals surface area contributed by atoms with Crippen molar-refractivity contribution in [1.82, 2.24) is 10.3 Å². The van der Waals surface area contributed by atoms with Gasteiger partial charge in [-0.1, -0.05) is 42.5 Å². The summed E-state index contributed by atoms with van der Waals surface area (Å²) in [7, 11) is 0. The average molecular weight is 549 g/mol. The quantitative estimate of drug-likeness (QED) is 0.285. The first kappa shape index (κ1) is 27.0. The lowest BCUT2D eigenvalue weighted by Crippen LogP contribution is -2.59. The summed E-state index contributed by atoms with van der Waals surface area (Å²) in [5.41, 5.74) is 2.25. The zero-order chi connectivity index (χ0) is 28.1. The predicted octanol–water partition coefficient (Wildman–Crippen LogP) is 5.94. The molecule has 0 bridgehead atoms. The maximum absolute atomic E-state index is 12.7. The molecule has 2 heterocycles. The van der Waals surface area contributed by atoms with Crippen molar-refractivity contribution >= 4 is 34.4 Å². The molecular formula is C30H27F3N4O3. The lowest BCUT2D eigenvalue weighted by molar-refractivity contribution is -0.137. The Morgan fingerprint density at radius 1 is 0.925 bits per heavy atom. The van der Waals surface area contributed by atoms with Gasteiger partial charge in [-0.3, -0.25) is 4.79 Å². The van der Waals surface area contributed by atoms with Gasteiger partial charge in [0.15, 0.2) is 0 Å². The normalized spacial score (nSPS) is 13.5. The van der Waals surface area contributed by atoms with Crippen LogP contribution in [0.3, 0.4) is 0 Å². The fourth-order valence-electron chi connectivity index (χ4n) is 4.40. The van der Waals surface area contributed by atoms with E-state index in [9.17, 15) is 22.8 Å². The van der Waals surface area contributed by atoms with Crippen LogP contribution in [0.15, 0.2) is 84.9 Å². The van der Waals surface area contributed by atoms with E-state index in [2.05, 4.69) is 15.5 Å². The van der Waals surface area contributed by atoms with Gasteiger partial charge in [-0.25, -0.2) is 9.78 Å². The van der Waals surface area contributed by atoms with Crippen LogP contribution in [0.5, 0.6) is 0 Å². The van der Waals surface area contributed by atoms with Crippen molar-refractivity contribution in [3.8, 4) is 0 Å². The third kappa shape index (κ3) is 6.88. The summed E-state index contributed by atoms with van der Waals surface area (Å²) >= 11 is 0. The van der Waals surface area contributed by atoms with Crippen molar-refractivity contribution in [1.29, 1.82) is 0 Å². The maximum atomic E-state index is 12.7. The van der Waals surface area contributed by atoms with Gasteiger partial charge in [-0.05, 0) is 60.0 Å². The number of alkyl halides is 3. The van der Waals surface area contributed by atoms with Crippen LogP contribution >= 0.6 is 0 Å². The van der Waals surface area contributed by atoms with Gasteiger partial charge in [-0.15, -0.1) is 0 Å². The standard InChI is InChI=1S/C30H27F3N4O3/c31-30(32,33)23-10-6-20(7-11-23)8-15-28(38)34-24-12-13-26-22(16-24)9-14-27(36-26)37-17-25(18-37)35-29(39)40-19-21-4-2-1-3-5-21/h1-7,9-14,16,25H,8,15,17-19H2,(H,34,38)(H,35,39). The number of pyridine rings is 1. The largest absolute Gasteiger partial charge is 0.445 e. The number of rotatable bonds is 8. The van der Waals surface area contributed by atoms with Crippen LogP contribution in [0.4, 0.5) is 29.5 Å². The third-order valence-corrected chi connectivity index (χ3v) is 6.62. The number of halogens is 3. The molecule has 0 radical (unpaired) electrons. The SMILES string of the molecule is O=C(CCc1ccc(C(F)(F)F)cc1)Nc1ccc2nc(N3CC(NC(=O)OCc4ccccc4)C3)ccc2c1. The average Bonchev–Trinajstić information content (AvgIpc) is 2.92. The lowest BCUT2D eigenvalue weighted by atomic mass is 10.1. The van der Waals surface area contributed by atoms with Crippen LogP contribution in [0.2, 0.25) is 0 Å². The summed E-state index contributed by atoms with van der Waals surface area (Å²) in [4.78, 5) is 31.2. The Kier molecular flexibility index (Phi) is 7.86. The molecule has 206 valence electrons. The fourth-order valence-corrected chi connectivity index (χ4v) is 4.40. The highest BCUT2D eigenvalue weighted by Crippen LogP contribution is 2.29. The fraction of sp³-hybridized carbons (Fsp3) is 0.233. The molecule has 0 saturated carbocycles. The Hall–Kier alpha value is -4.60. The molecule has 2 N–H and O–H groups in total. The van der Waals surface area contributed by atoms with Crippen molar-refractivity contribution in [2.24, 2.45) is 0 Å². The number of ether oxygens (including phenoxy) is 1. The zero-order valence-corrected chi connectivity index (χ0v) is 21.4. The molecule has 0 unspecified atom stereocenters. The molecule has 1 aromatic heterocycles. The highest BCUT2D eigenvalue weighted by Gasteiger charge is 2.30. The van der Waals surface area contributed by atoms with E-state index in [1.807, 2.05) is 54.6 Å². The topological polar surface area (TPSA) is 83.6 Å². The summed E-state index contributed by atoms with van der Waals surface area (Å²) in [5.74, 6) is 0.557. The van der Waals surface area contributed by atoms with Gasteiger partial charge in [0, 0.05) is 30.6 Å². The van der Waals surface area contributed by atoms with Crippen molar-refractivity contribution < 1.29 is 27.5 Å². The number of aryl methyl sites for hydroxylation is 1. The monoisotopic (exact) mass is 548 g/mol. The molecule has 1 aliphatic heterocycles. The Labute approximate surface area is 229 Å². The van der Waals surface area contributed by atoms with Gasteiger partial charge in [0.1, 0.15) is 12.4 Å². The van der Waals surface area contributed by atoms with Crippen molar-refractivity contribution in [3.63, 3.8) is 0 Å². The molecule has 0 atom stereocenters. The van der Waals surface area contributed by atoms with Gasteiger partial charge < -0.3 is 20.3 Å². The van der Waals surface area contributed by atoms with Crippen LogP contribution in [0.1, 0.15) is 23.1 Å². The molecule has 1 aliphatic rings. The van der Waals surface area contributed by atoms with E-state index < -0.39 is 17.8 Å². The van der Waals surface area contributed by atoms with Crippen molar-refractivity contribution in [2.75, 3.05) is 23.3 Å². The molecule has 4 aromatic rings. The molecule has 3 aromatic carbocycles. The minimum absolute atomic E-state index is 0.0269. The molecule has 1 saturated heterocycles.